The van der Waals surface area contributed by atoms with Gasteiger partial charge in [-0.2, -0.15) is 0 Å². The van der Waals surface area contributed by atoms with Crippen molar-refractivity contribution in [2.45, 2.75) is 19.8 Å². The number of carbonyl (C=O) groups is 1. The molecule has 25 heavy (non-hydrogen) atoms. The summed E-state index contributed by atoms with van der Waals surface area (Å²) in [5, 5.41) is 3.30. The van der Waals surface area contributed by atoms with Crippen LogP contribution in [0.3, 0.4) is 0 Å². The molecule has 7 heteroatoms. The lowest BCUT2D eigenvalue weighted by Crippen LogP contribution is -2.32. The number of anilines is 2. The molecule has 0 aliphatic heterocycles. The number of nitrogens with one attached hydrogen (secondary N) is 1. The molecule has 0 fully saturated rings. The lowest BCUT2D eigenvalue weighted by atomic mass is 10.2. The second-order valence-electron chi connectivity index (χ2n) is 5.78. The average molecular weight is 381 g/mol. The lowest BCUT2D eigenvalue weighted by Gasteiger charge is -2.24. The predicted octanol–water partition coefficient (Wildman–Crippen LogP) is 3.83. The molecule has 5 nitrogen and oxygen atoms in total. The van der Waals surface area contributed by atoms with Crippen molar-refractivity contribution >= 4 is 38.9 Å². The van der Waals surface area contributed by atoms with Crippen LogP contribution in [0.4, 0.5) is 11.4 Å². The fourth-order valence-corrected chi connectivity index (χ4v) is 3.69. The highest BCUT2D eigenvalue weighted by Gasteiger charge is 2.19. The molecule has 134 valence electrons. The third-order valence-electron chi connectivity index (χ3n) is 3.66. The van der Waals surface area contributed by atoms with Gasteiger partial charge in [0.05, 0.1) is 11.9 Å². The van der Waals surface area contributed by atoms with E-state index in [-0.39, 0.29) is 18.9 Å². The Kier molecular flexibility index (Phi) is 6.45. The molecule has 0 unspecified atom stereocenters. The molecule has 0 heterocycles. The fraction of sp³-hybridized carbons (Fsp3) is 0.278. The van der Waals surface area contributed by atoms with Gasteiger partial charge in [-0.05, 0) is 43.2 Å². The maximum absolute atomic E-state index is 12.1. The van der Waals surface area contributed by atoms with Gasteiger partial charge in [-0.15, -0.1) is 0 Å². The molecule has 0 radical (unpaired) electrons. The van der Waals surface area contributed by atoms with Crippen molar-refractivity contribution in [1.82, 2.24) is 0 Å². The first kappa shape index (κ1) is 19.3. The van der Waals surface area contributed by atoms with Gasteiger partial charge in [-0.1, -0.05) is 35.9 Å². The highest BCUT2D eigenvalue weighted by Crippen LogP contribution is 2.22. The van der Waals surface area contributed by atoms with E-state index in [1.165, 1.54) is 10.6 Å². The van der Waals surface area contributed by atoms with Gasteiger partial charge in [0.15, 0.2) is 0 Å². The number of hydrogen-bond acceptors (Lipinski definition) is 3. The van der Waals surface area contributed by atoms with Crippen molar-refractivity contribution in [3.8, 4) is 0 Å². The van der Waals surface area contributed by atoms with Crippen molar-refractivity contribution in [3.63, 3.8) is 0 Å². The number of halogens is 1. The summed E-state index contributed by atoms with van der Waals surface area (Å²) in [5.74, 6) is -0.180. The van der Waals surface area contributed by atoms with Crippen LogP contribution in [0.15, 0.2) is 48.5 Å². The minimum Gasteiger partial charge on any atom is -0.326 e. The molecule has 0 atom stereocenters. The van der Waals surface area contributed by atoms with Crippen molar-refractivity contribution < 1.29 is 13.2 Å². The molecule has 0 aliphatic carbocycles. The Labute approximate surface area is 153 Å². The van der Waals surface area contributed by atoms with Gasteiger partial charge < -0.3 is 5.32 Å². The van der Waals surface area contributed by atoms with E-state index in [9.17, 15) is 13.2 Å². The summed E-state index contributed by atoms with van der Waals surface area (Å²) in [6.07, 6.45) is 1.80. The van der Waals surface area contributed by atoms with Crippen LogP contribution in [-0.4, -0.2) is 27.1 Å². The summed E-state index contributed by atoms with van der Waals surface area (Å²) >= 11 is 5.88. The number of hydrogen-bond donors (Lipinski definition) is 1. The number of nitrogens with zero attached hydrogens (tertiary/aromatic N) is 1. The second kappa shape index (κ2) is 8.36. The van der Waals surface area contributed by atoms with E-state index >= 15 is 0 Å². The average Bonchev–Trinajstić information content (AvgIpc) is 2.51. The quantitative estimate of drug-likeness (QED) is 0.793. The zero-order valence-electron chi connectivity index (χ0n) is 14.2. The fourth-order valence-electron chi connectivity index (χ4n) is 2.48. The van der Waals surface area contributed by atoms with E-state index in [4.69, 9.17) is 11.6 Å². The van der Waals surface area contributed by atoms with Crippen molar-refractivity contribution in [1.29, 1.82) is 0 Å². The first-order valence-corrected chi connectivity index (χ1v) is 10.1. The Morgan fingerprint density at radius 2 is 1.88 bits per heavy atom. The molecular weight excluding hydrogens is 360 g/mol. The molecule has 0 aliphatic rings. The zero-order valence-corrected chi connectivity index (χ0v) is 15.8. The van der Waals surface area contributed by atoms with Gasteiger partial charge >= 0.3 is 0 Å². The van der Waals surface area contributed by atoms with Gasteiger partial charge in [-0.25, -0.2) is 8.42 Å². The van der Waals surface area contributed by atoms with E-state index in [2.05, 4.69) is 5.32 Å². The van der Waals surface area contributed by atoms with Gasteiger partial charge in [-0.3, -0.25) is 9.10 Å². The molecule has 2 aromatic rings. The summed E-state index contributed by atoms with van der Waals surface area (Å²) < 4.78 is 25.5. The molecule has 0 aromatic heterocycles. The topological polar surface area (TPSA) is 66.5 Å². The van der Waals surface area contributed by atoms with Crippen LogP contribution in [-0.2, 0) is 14.8 Å². The van der Waals surface area contributed by atoms with Crippen LogP contribution in [0.25, 0.3) is 0 Å². The molecule has 0 saturated carbocycles. The largest absolute Gasteiger partial charge is 0.326 e. The summed E-state index contributed by atoms with van der Waals surface area (Å²) in [6, 6.07) is 14.2. The van der Waals surface area contributed by atoms with Crippen molar-refractivity contribution in [3.05, 3.63) is 59.1 Å². The monoisotopic (exact) mass is 380 g/mol. The Bertz CT molecular complexity index is 853. The normalized spacial score (nSPS) is 11.2. The highest BCUT2D eigenvalue weighted by molar-refractivity contribution is 7.92. The Morgan fingerprint density at radius 1 is 1.16 bits per heavy atom. The molecule has 0 bridgehead atoms. The molecule has 2 rings (SSSR count). The minimum atomic E-state index is -3.42. The maximum Gasteiger partial charge on any atom is 0.232 e. The zero-order chi connectivity index (χ0) is 18.4. The molecule has 0 saturated heterocycles. The number of carbonyl (C=O) groups excluding carboxylic acids is 1. The van der Waals surface area contributed by atoms with Crippen molar-refractivity contribution in [2.24, 2.45) is 0 Å². The third-order valence-corrected chi connectivity index (χ3v) is 5.07. The van der Waals surface area contributed by atoms with Crippen LogP contribution >= 0.6 is 11.6 Å². The van der Waals surface area contributed by atoms with Gasteiger partial charge in [0.2, 0.25) is 15.9 Å². The van der Waals surface area contributed by atoms with E-state index in [0.717, 1.165) is 5.56 Å². The number of benzene rings is 2. The maximum atomic E-state index is 12.1. The van der Waals surface area contributed by atoms with Crippen molar-refractivity contribution in [2.75, 3.05) is 22.4 Å². The third kappa shape index (κ3) is 5.76. The Morgan fingerprint density at radius 3 is 2.52 bits per heavy atom. The van der Waals surface area contributed by atoms with Crippen LogP contribution in [0.2, 0.25) is 5.02 Å². The lowest BCUT2D eigenvalue weighted by molar-refractivity contribution is -0.116. The van der Waals surface area contributed by atoms with Gasteiger partial charge in [0.1, 0.15) is 0 Å². The smallest absolute Gasteiger partial charge is 0.232 e. The van der Waals surface area contributed by atoms with Gasteiger partial charge in [0, 0.05) is 23.7 Å². The SMILES string of the molecule is Cc1ccccc1N(CCCC(=O)Nc1cccc(Cl)c1)S(C)(=O)=O. The standard InChI is InChI=1S/C18H21ClN2O3S/c1-14-7-3-4-10-17(14)21(25(2,23)24)12-6-11-18(22)20-16-9-5-8-15(19)13-16/h3-5,7-10,13H,6,11-12H2,1-2H3,(H,20,22). The van der Waals surface area contributed by atoms with E-state index in [1.54, 1.807) is 36.4 Å². The number of amides is 1. The number of sulfonamides is 1. The van der Waals surface area contributed by atoms with E-state index in [1.807, 2.05) is 19.1 Å². The second-order valence-corrected chi connectivity index (χ2v) is 8.13. The first-order chi connectivity index (χ1) is 11.8. The first-order valence-electron chi connectivity index (χ1n) is 7.86. The number of rotatable bonds is 7. The summed E-state index contributed by atoms with van der Waals surface area (Å²) in [4.78, 5) is 12.0. The molecule has 0 spiro atoms. The molecule has 1 amide bonds. The molecule has 2 aromatic carbocycles. The van der Waals surface area contributed by atoms with Crippen LogP contribution in [0.5, 0.6) is 0 Å². The van der Waals surface area contributed by atoms with Crippen LogP contribution in [0, 0.1) is 6.92 Å². The van der Waals surface area contributed by atoms with Crippen LogP contribution < -0.4 is 9.62 Å². The Balaban J connectivity index is 1.97. The Hall–Kier alpha value is -2.05. The van der Waals surface area contributed by atoms with E-state index in [0.29, 0.717) is 22.8 Å². The highest BCUT2D eigenvalue weighted by atomic mass is 35.5. The molecular formula is C18H21ClN2O3S. The predicted molar refractivity (Wildman–Crippen MR) is 103 cm³/mol. The molecule has 1 N–H and O–H groups in total. The van der Waals surface area contributed by atoms with Gasteiger partial charge in [0.25, 0.3) is 0 Å². The van der Waals surface area contributed by atoms with Crippen LogP contribution in [0.1, 0.15) is 18.4 Å². The summed E-state index contributed by atoms with van der Waals surface area (Å²) in [6.45, 7) is 2.10. The van der Waals surface area contributed by atoms with E-state index < -0.39 is 10.0 Å². The summed E-state index contributed by atoms with van der Waals surface area (Å²) in [7, 11) is -3.42. The summed E-state index contributed by atoms with van der Waals surface area (Å²) in [5.41, 5.74) is 2.13. The number of para-hydroxylation sites is 1. The minimum absolute atomic E-state index is 0.180. The number of aryl methyl sites for hydroxylation is 1.